The van der Waals surface area contributed by atoms with Crippen molar-refractivity contribution in [3.63, 3.8) is 0 Å². The first-order valence-corrected chi connectivity index (χ1v) is 12.1. The van der Waals surface area contributed by atoms with E-state index in [1.165, 1.54) is 6.07 Å². The number of hydrogen-bond acceptors (Lipinski definition) is 5. The number of rotatable bonds is 9. The zero-order valence-electron chi connectivity index (χ0n) is 20.5. The van der Waals surface area contributed by atoms with E-state index in [1.807, 2.05) is 30.3 Å². The fourth-order valence-electron chi connectivity index (χ4n) is 4.55. The van der Waals surface area contributed by atoms with Crippen LogP contribution in [0.3, 0.4) is 0 Å². The number of hydrogen-bond donors (Lipinski definition) is 1. The average molecular weight is 486 g/mol. The van der Waals surface area contributed by atoms with Gasteiger partial charge >= 0.3 is 11.9 Å². The summed E-state index contributed by atoms with van der Waals surface area (Å²) in [5, 5.41) is 2.79. The Kier molecular flexibility index (Phi) is 9.37. The number of carbonyl (C=O) groups excluding carboxylic acids is 3. The number of esters is 2. The van der Waals surface area contributed by atoms with Gasteiger partial charge in [-0.25, -0.2) is 14.0 Å². The van der Waals surface area contributed by atoms with E-state index in [-0.39, 0.29) is 53.9 Å². The van der Waals surface area contributed by atoms with Gasteiger partial charge in [0, 0.05) is 0 Å². The van der Waals surface area contributed by atoms with Crippen molar-refractivity contribution in [2.24, 2.45) is 0 Å². The molecule has 0 radical (unpaired) electrons. The molecule has 1 aliphatic rings. The first kappa shape index (κ1) is 26.3. The Hall–Kier alpha value is -3.26. The second-order valence-electron chi connectivity index (χ2n) is 9.08. The highest BCUT2D eigenvalue weighted by Crippen LogP contribution is 2.25. The van der Waals surface area contributed by atoms with Gasteiger partial charge in [-0.15, -0.1) is 0 Å². The predicted molar refractivity (Wildman–Crippen MR) is 130 cm³/mol. The molecular weight excluding hydrogens is 451 g/mol. The molecule has 0 bridgehead atoms. The summed E-state index contributed by atoms with van der Waals surface area (Å²) in [5.74, 6) is -1.98. The van der Waals surface area contributed by atoms with E-state index >= 15 is 0 Å². The van der Waals surface area contributed by atoms with Crippen LogP contribution in [0, 0.1) is 12.7 Å². The summed E-state index contributed by atoms with van der Waals surface area (Å²) < 4.78 is 24.8. The Morgan fingerprint density at radius 1 is 0.971 bits per heavy atom. The first-order valence-electron chi connectivity index (χ1n) is 12.1. The van der Waals surface area contributed by atoms with Crippen LogP contribution in [0.2, 0.25) is 0 Å². The number of likely N-dealkylation sites (tertiary alicyclic amines) is 1. The molecule has 7 nitrogen and oxygen atoms in total. The van der Waals surface area contributed by atoms with E-state index < -0.39 is 11.8 Å². The molecule has 8 heteroatoms. The fourth-order valence-corrected chi connectivity index (χ4v) is 4.55. The van der Waals surface area contributed by atoms with Crippen molar-refractivity contribution in [3.05, 3.63) is 65.0 Å². The molecule has 1 saturated heterocycles. The summed E-state index contributed by atoms with van der Waals surface area (Å²) in [7, 11) is 0. The lowest BCUT2D eigenvalue weighted by Gasteiger charge is -2.36. The molecule has 0 atom stereocenters. The number of carbonyl (C=O) groups is 3. The van der Waals surface area contributed by atoms with Crippen LogP contribution < -0.4 is 5.32 Å². The summed E-state index contributed by atoms with van der Waals surface area (Å²) >= 11 is 0. The second kappa shape index (κ2) is 12.4. The van der Waals surface area contributed by atoms with E-state index in [4.69, 9.17) is 9.47 Å². The second-order valence-corrected chi connectivity index (χ2v) is 9.08. The quantitative estimate of drug-likeness (QED) is 0.421. The number of ether oxygens (including phenoxy) is 2. The lowest BCUT2D eigenvalue weighted by Crippen LogP contribution is -2.55. The SMILES string of the molecule is CCOC(=O)c1cc(F)cc(C)c1NC(=O)C[N+]1(CC(=O)OCc2ccccc2)CCCCCC1. The third-order valence-electron chi connectivity index (χ3n) is 6.26. The highest BCUT2D eigenvalue weighted by Gasteiger charge is 2.35. The molecule has 2 aromatic carbocycles. The van der Waals surface area contributed by atoms with Crippen molar-refractivity contribution in [1.29, 1.82) is 0 Å². The average Bonchev–Trinajstić information content (AvgIpc) is 3.05. The number of halogens is 1. The minimum atomic E-state index is -0.700. The van der Waals surface area contributed by atoms with Crippen LogP contribution in [0.5, 0.6) is 0 Å². The van der Waals surface area contributed by atoms with Gasteiger partial charge in [-0.1, -0.05) is 30.3 Å². The van der Waals surface area contributed by atoms with Gasteiger partial charge < -0.3 is 19.3 Å². The zero-order valence-corrected chi connectivity index (χ0v) is 20.5. The Morgan fingerprint density at radius 3 is 2.31 bits per heavy atom. The van der Waals surface area contributed by atoms with Crippen LogP contribution in [0.15, 0.2) is 42.5 Å². The third-order valence-corrected chi connectivity index (χ3v) is 6.26. The lowest BCUT2D eigenvalue weighted by molar-refractivity contribution is -0.913. The Morgan fingerprint density at radius 2 is 1.66 bits per heavy atom. The molecule has 0 aliphatic carbocycles. The van der Waals surface area contributed by atoms with Crippen molar-refractivity contribution in [3.8, 4) is 0 Å². The zero-order chi connectivity index (χ0) is 25.3. The van der Waals surface area contributed by atoms with E-state index in [2.05, 4.69) is 5.32 Å². The van der Waals surface area contributed by atoms with Gasteiger partial charge in [-0.05, 0) is 62.8 Å². The summed E-state index contributed by atoms with van der Waals surface area (Å²) in [5.41, 5.74) is 1.53. The Balaban J connectivity index is 1.74. The van der Waals surface area contributed by atoms with Gasteiger partial charge in [0.25, 0.3) is 5.91 Å². The van der Waals surface area contributed by atoms with Gasteiger partial charge in [0.1, 0.15) is 12.4 Å². The smallest absolute Gasteiger partial charge is 0.362 e. The van der Waals surface area contributed by atoms with E-state index in [1.54, 1.807) is 13.8 Å². The largest absolute Gasteiger partial charge is 0.462 e. The monoisotopic (exact) mass is 485 g/mol. The maximum absolute atomic E-state index is 14.0. The summed E-state index contributed by atoms with van der Waals surface area (Å²) in [6, 6.07) is 11.8. The molecule has 0 unspecified atom stereocenters. The summed E-state index contributed by atoms with van der Waals surface area (Å²) in [6.45, 7) is 5.11. The van der Waals surface area contributed by atoms with Crippen LogP contribution in [0.4, 0.5) is 10.1 Å². The molecule has 35 heavy (non-hydrogen) atoms. The standard InChI is InChI=1S/C27H33FN2O5/c1-3-34-27(33)23-16-22(28)15-20(2)26(23)29-24(31)17-30(13-9-4-5-10-14-30)18-25(32)35-19-21-11-7-6-8-12-21/h6-8,11-12,15-16H,3-5,9-10,13-14,17-19H2,1-2H3/p+1. The molecular formula is C27H34FN2O5+. The maximum Gasteiger partial charge on any atom is 0.362 e. The van der Waals surface area contributed by atoms with Crippen molar-refractivity contribution < 1.29 is 32.7 Å². The van der Waals surface area contributed by atoms with Crippen molar-refractivity contribution in [1.82, 2.24) is 0 Å². The molecule has 3 rings (SSSR count). The number of nitrogens with one attached hydrogen (secondary N) is 1. The van der Waals surface area contributed by atoms with Crippen LogP contribution in [0.1, 0.15) is 54.1 Å². The lowest BCUT2D eigenvalue weighted by atomic mass is 10.1. The minimum absolute atomic E-state index is 0.0256. The first-order chi connectivity index (χ1) is 16.8. The number of nitrogens with zero attached hydrogens (tertiary/aromatic N) is 1. The van der Waals surface area contributed by atoms with Crippen molar-refractivity contribution in [2.45, 2.75) is 46.1 Å². The number of quaternary nitrogens is 1. The number of amides is 1. The molecule has 2 aromatic rings. The summed E-state index contributed by atoms with van der Waals surface area (Å²) in [6.07, 6.45) is 3.90. The normalized spacial score (nSPS) is 15.1. The van der Waals surface area contributed by atoms with E-state index in [9.17, 15) is 18.8 Å². The van der Waals surface area contributed by atoms with Crippen LogP contribution in [0.25, 0.3) is 0 Å². The number of benzene rings is 2. The molecule has 1 heterocycles. The molecule has 1 fully saturated rings. The van der Waals surface area contributed by atoms with Crippen LogP contribution in [-0.2, 0) is 25.7 Å². The molecule has 1 amide bonds. The topological polar surface area (TPSA) is 81.7 Å². The van der Waals surface area contributed by atoms with Crippen molar-refractivity contribution in [2.75, 3.05) is 38.1 Å². The fraction of sp³-hybridized carbons (Fsp3) is 0.444. The number of anilines is 1. The van der Waals surface area contributed by atoms with Gasteiger partial charge in [-0.3, -0.25) is 4.79 Å². The highest BCUT2D eigenvalue weighted by molar-refractivity contribution is 6.02. The summed E-state index contributed by atoms with van der Waals surface area (Å²) in [4.78, 5) is 38.4. The van der Waals surface area contributed by atoms with Gasteiger partial charge in [0.15, 0.2) is 13.1 Å². The van der Waals surface area contributed by atoms with Crippen LogP contribution in [-0.4, -0.2) is 55.1 Å². The van der Waals surface area contributed by atoms with E-state index in [0.29, 0.717) is 18.7 Å². The molecule has 0 saturated carbocycles. The molecule has 1 N–H and O–H groups in total. The highest BCUT2D eigenvalue weighted by atomic mass is 19.1. The minimum Gasteiger partial charge on any atom is -0.462 e. The van der Waals surface area contributed by atoms with Gasteiger partial charge in [0.05, 0.1) is 30.9 Å². The Labute approximate surface area is 205 Å². The molecule has 1 aliphatic heterocycles. The van der Waals surface area contributed by atoms with Gasteiger partial charge in [0.2, 0.25) is 0 Å². The molecule has 0 aromatic heterocycles. The molecule has 0 spiro atoms. The number of aryl methyl sites for hydroxylation is 1. The van der Waals surface area contributed by atoms with Gasteiger partial charge in [-0.2, -0.15) is 0 Å². The van der Waals surface area contributed by atoms with Crippen LogP contribution >= 0.6 is 0 Å². The maximum atomic E-state index is 14.0. The molecule has 188 valence electrons. The predicted octanol–water partition coefficient (Wildman–Crippen LogP) is 4.38. The Bertz CT molecular complexity index is 1030. The third kappa shape index (κ3) is 7.62. The van der Waals surface area contributed by atoms with Crippen molar-refractivity contribution >= 4 is 23.5 Å². The van der Waals surface area contributed by atoms with E-state index in [0.717, 1.165) is 37.3 Å².